The summed E-state index contributed by atoms with van der Waals surface area (Å²) in [6.07, 6.45) is 3.48. The van der Waals surface area contributed by atoms with Gasteiger partial charge < -0.3 is 13.9 Å². The van der Waals surface area contributed by atoms with E-state index < -0.39 is 0 Å². The molecule has 0 saturated carbocycles. The van der Waals surface area contributed by atoms with Crippen LogP contribution in [0.25, 0.3) is 11.5 Å². The van der Waals surface area contributed by atoms with Crippen LogP contribution in [0.5, 0.6) is 0 Å². The lowest BCUT2D eigenvalue weighted by molar-refractivity contribution is -0.134. The Kier molecular flexibility index (Phi) is 4.02. The van der Waals surface area contributed by atoms with Gasteiger partial charge in [0.2, 0.25) is 5.91 Å². The molecule has 0 unspecified atom stereocenters. The number of amides is 1. The van der Waals surface area contributed by atoms with Gasteiger partial charge in [0.25, 0.3) is 0 Å². The van der Waals surface area contributed by atoms with E-state index in [9.17, 15) is 4.79 Å². The molecule has 0 atom stereocenters. The van der Waals surface area contributed by atoms with Crippen LogP contribution in [0.1, 0.15) is 19.7 Å². The molecule has 0 saturated heterocycles. The molecule has 0 bridgehead atoms. The van der Waals surface area contributed by atoms with E-state index in [1.54, 1.807) is 6.26 Å². The molecule has 3 heterocycles. The van der Waals surface area contributed by atoms with Gasteiger partial charge in [-0.2, -0.15) is 0 Å². The van der Waals surface area contributed by atoms with Crippen molar-refractivity contribution in [2.75, 3.05) is 20.1 Å². The second-order valence-corrected chi connectivity index (χ2v) is 6.01. The van der Waals surface area contributed by atoms with Gasteiger partial charge in [0, 0.05) is 19.1 Å². The van der Waals surface area contributed by atoms with Crippen molar-refractivity contribution in [2.45, 2.75) is 33.0 Å². The fraction of sp³-hybridized carbons (Fsp3) is 0.500. The van der Waals surface area contributed by atoms with Crippen molar-refractivity contribution in [1.29, 1.82) is 0 Å². The molecule has 6 heteroatoms. The molecule has 0 spiro atoms. The van der Waals surface area contributed by atoms with E-state index >= 15 is 0 Å². The maximum Gasteiger partial charge on any atom is 0.237 e. The summed E-state index contributed by atoms with van der Waals surface area (Å²) in [4.78, 5) is 20.8. The molecule has 1 amide bonds. The fourth-order valence-electron chi connectivity index (χ4n) is 2.59. The number of furan rings is 1. The first kappa shape index (κ1) is 14.8. The molecular formula is C16H22N4O2. The third-order valence-electron chi connectivity index (χ3n) is 4.26. The second-order valence-electron chi connectivity index (χ2n) is 6.01. The Morgan fingerprint density at radius 1 is 1.45 bits per heavy atom. The van der Waals surface area contributed by atoms with Crippen LogP contribution >= 0.6 is 0 Å². The average molecular weight is 302 g/mol. The highest BCUT2D eigenvalue weighted by atomic mass is 16.3. The summed E-state index contributed by atoms with van der Waals surface area (Å²) in [6, 6.07) is 4.16. The minimum atomic E-state index is 0.157. The van der Waals surface area contributed by atoms with Crippen LogP contribution in [-0.4, -0.2) is 51.4 Å². The Bertz CT molecular complexity index is 645. The first-order chi connectivity index (χ1) is 10.6. The lowest BCUT2D eigenvalue weighted by Gasteiger charge is -2.30. The summed E-state index contributed by atoms with van der Waals surface area (Å²) in [5, 5.41) is 0. The van der Waals surface area contributed by atoms with Crippen molar-refractivity contribution in [3.63, 3.8) is 0 Å². The predicted octanol–water partition coefficient (Wildman–Crippen LogP) is 1.83. The summed E-state index contributed by atoms with van der Waals surface area (Å²) >= 11 is 0. The van der Waals surface area contributed by atoms with E-state index in [0.717, 1.165) is 23.8 Å². The van der Waals surface area contributed by atoms with Crippen molar-refractivity contribution in [3.8, 4) is 11.5 Å². The van der Waals surface area contributed by atoms with Crippen LogP contribution in [0.15, 0.2) is 29.0 Å². The number of carbonyl (C=O) groups is 1. The number of carbonyl (C=O) groups excluding carboxylic acids is 1. The molecule has 2 aromatic rings. The SMILES string of the molecule is CC(C)N(C)CC(=O)N1CCn2c(-c3ccco3)cnc2C1. The molecule has 1 aliphatic heterocycles. The van der Waals surface area contributed by atoms with Gasteiger partial charge in [-0.3, -0.25) is 9.69 Å². The number of hydrogen-bond acceptors (Lipinski definition) is 4. The lowest BCUT2D eigenvalue weighted by Crippen LogP contribution is -2.44. The maximum atomic E-state index is 12.4. The van der Waals surface area contributed by atoms with E-state index in [0.29, 0.717) is 25.7 Å². The Morgan fingerprint density at radius 2 is 2.27 bits per heavy atom. The summed E-state index contributed by atoms with van der Waals surface area (Å²) in [5.41, 5.74) is 0.978. The molecule has 0 fully saturated rings. The zero-order valence-electron chi connectivity index (χ0n) is 13.3. The van der Waals surface area contributed by atoms with Crippen LogP contribution < -0.4 is 0 Å². The standard InChI is InChI=1S/C16H22N4O2/c1-12(2)18(3)11-16(21)19-6-7-20-13(9-17-15(20)10-19)14-5-4-8-22-14/h4-5,8-9,12H,6-7,10-11H2,1-3H3. The lowest BCUT2D eigenvalue weighted by atomic mass is 10.3. The molecule has 0 radical (unpaired) electrons. The number of nitrogens with zero attached hydrogens (tertiary/aromatic N) is 4. The first-order valence-electron chi connectivity index (χ1n) is 7.62. The van der Waals surface area contributed by atoms with Crippen LogP contribution in [-0.2, 0) is 17.9 Å². The van der Waals surface area contributed by atoms with Gasteiger partial charge in [-0.1, -0.05) is 0 Å². The van der Waals surface area contributed by atoms with Crippen molar-refractivity contribution < 1.29 is 9.21 Å². The maximum absolute atomic E-state index is 12.4. The summed E-state index contributed by atoms with van der Waals surface area (Å²) in [5.74, 6) is 1.89. The summed E-state index contributed by atoms with van der Waals surface area (Å²) in [6.45, 7) is 6.65. The number of likely N-dealkylation sites (N-methyl/N-ethyl adjacent to an activating group) is 1. The molecule has 3 rings (SSSR count). The van der Waals surface area contributed by atoms with Crippen molar-refractivity contribution in [2.24, 2.45) is 0 Å². The van der Waals surface area contributed by atoms with Crippen LogP contribution in [0.4, 0.5) is 0 Å². The highest BCUT2D eigenvalue weighted by molar-refractivity contribution is 5.78. The average Bonchev–Trinajstić information content (AvgIpc) is 3.14. The summed E-state index contributed by atoms with van der Waals surface area (Å²) < 4.78 is 7.58. The Balaban J connectivity index is 1.71. The fourth-order valence-corrected chi connectivity index (χ4v) is 2.59. The number of imidazole rings is 1. The molecule has 118 valence electrons. The third kappa shape index (κ3) is 2.78. The van der Waals surface area contributed by atoms with E-state index in [2.05, 4.69) is 28.3 Å². The van der Waals surface area contributed by atoms with Crippen molar-refractivity contribution in [1.82, 2.24) is 19.4 Å². The largest absolute Gasteiger partial charge is 0.463 e. The Labute approximate surface area is 130 Å². The molecule has 0 aromatic carbocycles. The Morgan fingerprint density at radius 3 is 2.95 bits per heavy atom. The first-order valence-corrected chi connectivity index (χ1v) is 7.62. The van der Waals surface area contributed by atoms with E-state index in [4.69, 9.17) is 4.42 Å². The van der Waals surface area contributed by atoms with Gasteiger partial charge in [-0.05, 0) is 33.0 Å². The smallest absolute Gasteiger partial charge is 0.237 e. The third-order valence-corrected chi connectivity index (χ3v) is 4.26. The van der Waals surface area contributed by atoms with Crippen LogP contribution in [0.2, 0.25) is 0 Å². The van der Waals surface area contributed by atoms with Crippen molar-refractivity contribution >= 4 is 5.91 Å². The minimum Gasteiger partial charge on any atom is -0.463 e. The molecule has 0 aliphatic carbocycles. The molecule has 1 aliphatic rings. The number of hydrogen-bond donors (Lipinski definition) is 0. The van der Waals surface area contributed by atoms with E-state index in [1.165, 1.54) is 0 Å². The van der Waals surface area contributed by atoms with E-state index in [-0.39, 0.29) is 5.91 Å². The molecule has 2 aromatic heterocycles. The van der Waals surface area contributed by atoms with Gasteiger partial charge in [0.1, 0.15) is 11.5 Å². The van der Waals surface area contributed by atoms with E-state index in [1.807, 2.05) is 30.3 Å². The van der Waals surface area contributed by atoms with Gasteiger partial charge >= 0.3 is 0 Å². The quantitative estimate of drug-likeness (QED) is 0.864. The number of fused-ring (bicyclic) bond motifs is 1. The van der Waals surface area contributed by atoms with Crippen LogP contribution in [0, 0.1) is 0 Å². The molecule has 22 heavy (non-hydrogen) atoms. The minimum absolute atomic E-state index is 0.157. The number of aromatic nitrogens is 2. The Hall–Kier alpha value is -2.08. The van der Waals surface area contributed by atoms with Gasteiger partial charge in [-0.15, -0.1) is 0 Å². The van der Waals surface area contributed by atoms with Gasteiger partial charge in [0.05, 0.1) is 25.5 Å². The topological polar surface area (TPSA) is 54.5 Å². The molecule has 6 nitrogen and oxygen atoms in total. The van der Waals surface area contributed by atoms with Crippen LogP contribution in [0.3, 0.4) is 0 Å². The zero-order chi connectivity index (χ0) is 15.7. The molecule has 0 N–H and O–H groups in total. The monoisotopic (exact) mass is 302 g/mol. The van der Waals surface area contributed by atoms with Gasteiger partial charge in [-0.25, -0.2) is 4.98 Å². The molecular weight excluding hydrogens is 280 g/mol. The van der Waals surface area contributed by atoms with Gasteiger partial charge in [0.15, 0.2) is 5.76 Å². The highest BCUT2D eigenvalue weighted by Gasteiger charge is 2.25. The normalized spacial score (nSPS) is 14.7. The summed E-state index contributed by atoms with van der Waals surface area (Å²) in [7, 11) is 1.97. The zero-order valence-corrected chi connectivity index (χ0v) is 13.3. The highest BCUT2D eigenvalue weighted by Crippen LogP contribution is 2.24. The predicted molar refractivity (Wildman–Crippen MR) is 83.1 cm³/mol. The van der Waals surface area contributed by atoms with Crippen molar-refractivity contribution in [3.05, 3.63) is 30.4 Å². The second kappa shape index (κ2) is 5.96. The number of rotatable bonds is 4.